The molecule has 1 aromatic heterocycles. The molecule has 6 heteroatoms. The third kappa shape index (κ3) is 2.20. The summed E-state index contributed by atoms with van der Waals surface area (Å²) in [6.07, 6.45) is 6.07. The SMILES string of the molecule is O=C(c1c[nH]c(=O)[nH]1)N1CCC2(O)CCCCC2C1. The van der Waals surface area contributed by atoms with Gasteiger partial charge in [-0.15, -0.1) is 0 Å². The number of piperidine rings is 1. The highest BCUT2D eigenvalue weighted by Crippen LogP contribution is 2.39. The molecular formula is C13H19N3O3. The quantitative estimate of drug-likeness (QED) is 0.689. The normalized spacial score (nSPS) is 31.0. The van der Waals surface area contributed by atoms with E-state index in [1.807, 2.05) is 0 Å². The van der Waals surface area contributed by atoms with Crippen LogP contribution in [0.5, 0.6) is 0 Å². The third-order valence-electron chi connectivity index (χ3n) is 4.54. The predicted molar refractivity (Wildman–Crippen MR) is 68.8 cm³/mol. The van der Waals surface area contributed by atoms with Gasteiger partial charge in [0.25, 0.3) is 5.91 Å². The van der Waals surface area contributed by atoms with Gasteiger partial charge in [-0.2, -0.15) is 0 Å². The van der Waals surface area contributed by atoms with E-state index >= 15 is 0 Å². The highest BCUT2D eigenvalue weighted by atomic mass is 16.3. The van der Waals surface area contributed by atoms with Crippen molar-refractivity contribution in [3.05, 3.63) is 22.4 Å². The molecule has 3 rings (SSSR count). The van der Waals surface area contributed by atoms with E-state index in [1.165, 1.54) is 6.20 Å². The maximum atomic E-state index is 12.2. The molecule has 2 heterocycles. The monoisotopic (exact) mass is 265 g/mol. The summed E-state index contributed by atoms with van der Waals surface area (Å²) in [4.78, 5) is 30.0. The van der Waals surface area contributed by atoms with Gasteiger partial charge in [0.05, 0.1) is 5.60 Å². The number of nitrogens with one attached hydrogen (secondary N) is 2. The van der Waals surface area contributed by atoms with Crippen LogP contribution in [0, 0.1) is 5.92 Å². The van der Waals surface area contributed by atoms with Gasteiger partial charge in [0.15, 0.2) is 0 Å². The van der Waals surface area contributed by atoms with E-state index in [0.717, 1.165) is 25.7 Å². The summed E-state index contributed by atoms with van der Waals surface area (Å²) in [5.41, 5.74) is -0.651. The molecule has 0 bridgehead atoms. The van der Waals surface area contributed by atoms with Crippen LogP contribution in [0.25, 0.3) is 0 Å². The molecule has 6 nitrogen and oxygen atoms in total. The fourth-order valence-corrected chi connectivity index (χ4v) is 3.37. The number of fused-ring (bicyclic) bond motifs is 1. The number of hydrogen-bond donors (Lipinski definition) is 3. The second-order valence-electron chi connectivity index (χ2n) is 5.70. The van der Waals surface area contributed by atoms with E-state index in [-0.39, 0.29) is 17.5 Å². The van der Waals surface area contributed by atoms with E-state index in [0.29, 0.717) is 25.2 Å². The van der Waals surface area contributed by atoms with E-state index in [9.17, 15) is 14.7 Å². The number of nitrogens with zero attached hydrogens (tertiary/aromatic N) is 1. The minimum Gasteiger partial charge on any atom is -0.389 e. The van der Waals surface area contributed by atoms with Gasteiger partial charge in [-0.1, -0.05) is 12.8 Å². The molecule has 0 aromatic carbocycles. The molecule has 104 valence electrons. The van der Waals surface area contributed by atoms with Gasteiger partial charge in [-0.25, -0.2) is 4.79 Å². The summed E-state index contributed by atoms with van der Waals surface area (Å²) in [5.74, 6) is 0.00980. The summed E-state index contributed by atoms with van der Waals surface area (Å²) >= 11 is 0. The van der Waals surface area contributed by atoms with Crippen LogP contribution in [-0.4, -0.2) is 44.6 Å². The van der Waals surface area contributed by atoms with Crippen LogP contribution in [0.3, 0.4) is 0 Å². The highest BCUT2D eigenvalue weighted by molar-refractivity contribution is 5.92. The number of aromatic amines is 2. The lowest BCUT2D eigenvalue weighted by atomic mass is 9.71. The zero-order chi connectivity index (χ0) is 13.5. The first-order valence-electron chi connectivity index (χ1n) is 6.88. The molecule has 1 saturated heterocycles. The van der Waals surface area contributed by atoms with Crippen LogP contribution in [0.1, 0.15) is 42.6 Å². The Morgan fingerprint density at radius 1 is 1.42 bits per heavy atom. The first-order chi connectivity index (χ1) is 9.08. The Morgan fingerprint density at radius 2 is 2.26 bits per heavy atom. The van der Waals surface area contributed by atoms with Crippen LogP contribution < -0.4 is 5.69 Å². The maximum Gasteiger partial charge on any atom is 0.323 e. The van der Waals surface area contributed by atoms with E-state index < -0.39 is 5.60 Å². The second kappa shape index (κ2) is 4.52. The predicted octanol–water partition coefficient (Wildman–Crippen LogP) is 0.470. The van der Waals surface area contributed by atoms with Gasteiger partial charge in [-0.05, 0) is 19.3 Å². The minimum atomic E-state index is -0.583. The number of rotatable bonds is 1. The zero-order valence-electron chi connectivity index (χ0n) is 10.8. The number of H-pyrrole nitrogens is 2. The zero-order valence-corrected chi connectivity index (χ0v) is 10.8. The molecule has 2 aliphatic rings. The molecule has 1 aliphatic carbocycles. The number of carbonyl (C=O) groups excluding carboxylic acids is 1. The third-order valence-corrected chi connectivity index (χ3v) is 4.54. The average Bonchev–Trinajstić information content (AvgIpc) is 2.83. The Balaban J connectivity index is 1.74. The molecule has 0 radical (unpaired) electrons. The lowest BCUT2D eigenvalue weighted by Crippen LogP contribution is -2.54. The summed E-state index contributed by atoms with van der Waals surface area (Å²) in [5, 5.41) is 10.6. The fraction of sp³-hybridized carbons (Fsp3) is 0.692. The molecule has 1 aliphatic heterocycles. The lowest BCUT2D eigenvalue weighted by Gasteiger charge is -2.47. The van der Waals surface area contributed by atoms with Gasteiger partial charge in [0, 0.05) is 25.2 Å². The average molecular weight is 265 g/mol. The molecule has 0 spiro atoms. The van der Waals surface area contributed by atoms with E-state index in [4.69, 9.17) is 0 Å². The molecule has 2 atom stereocenters. The summed E-state index contributed by atoms with van der Waals surface area (Å²) in [6.45, 7) is 1.14. The molecule has 2 fully saturated rings. The second-order valence-corrected chi connectivity index (χ2v) is 5.70. The number of amides is 1. The van der Waals surface area contributed by atoms with E-state index in [1.54, 1.807) is 4.90 Å². The molecule has 1 saturated carbocycles. The van der Waals surface area contributed by atoms with Gasteiger partial charge >= 0.3 is 5.69 Å². The van der Waals surface area contributed by atoms with Crippen molar-refractivity contribution in [1.82, 2.24) is 14.9 Å². The van der Waals surface area contributed by atoms with Gasteiger partial charge in [0.1, 0.15) is 5.69 Å². The molecule has 19 heavy (non-hydrogen) atoms. The Morgan fingerprint density at radius 3 is 3.00 bits per heavy atom. The smallest absolute Gasteiger partial charge is 0.323 e. The summed E-state index contributed by atoms with van der Waals surface area (Å²) in [6, 6.07) is 0. The van der Waals surface area contributed by atoms with Crippen molar-refractivity contribution in [2.75, 3.05) is 13.1 Å². The van der Waals surface area contributed by atoms with Crippen LogP contribution in [0.4, 0.5) is 0 Å². The first kappa shape index (κ1) is 12.5. The number of carbonyl (C=O) groups is 1. The summed E-state index contributed by atoms with van der Waals surface area (Å²) < 4.78 is 0. The van der Waals surface area contributed by atoms with Crippen molar-refractivity contribution >= 4 is 5.91 Å². The number of likely N-dealkylation sites (tertiary alicyclic amines) is 1. The van der Waals surface area contributed by atoms with Gasteiger partial charge in [0.2, 0.25) is 0 Å². The maximum absolute atomic E-state index is 12.2. The van der Waals surface area contributed by atoms with Crippen LogP contribution in [-0.2, 0) is 0 Å². The van der Waals surface area contributed by atoms with Gasteiger partial charge < -0.3 is 20.0 Å². The number of aliphatic hydroxyl groups is 1. The Bertz CT molecular complexity index is 535. The Hall–Kier alpha value is -1.56. The Labute approximate surface area is 110 Å². The van der Waals surface area contributed by atoms with Crippen molar-refractivity contribution < 1.29 is 9.90 Å². The molecule has 2 unspecified atom stereocenters. The topological polar surface area (TPSA) is 89.2 Å². The van der Waals surface area contributed by atoms with E-state index in [2.05, 4.69) is 9.97 Å². The number of aromatic nitrogens is 2. The largest absolute Gasteiger partial charge is 0.389 e. The van der Waals surface area contributed by atoms with Gasteiger partial charge in [-0.3, -0.25) is 4.79 Å². The Kier molecular flexibility index (Phi) is 2.97. The first-order valence-corrected chi connectivity index (χ1v) is 6.88. The lowest BCUT2D eigenvalue weighted by molar-refractivity contribution is -0.0886. The van der Waals surface area contributed by atoms with Crippen molar-refractivity contribution in [2.24, 2.45) is 5.92 Å². The standard InChI is InChI=1S/C13H19N3O3/c17-11(10-7-14-12(18)15-10)16-6-5-13(19)4-2-1-3-9(13)8-16/h7,9,19H,1-6,8H2,(H2,14,15,18). The van der Waals surface area contributed by atoms with Crippen LogP contribution >= 0.6 is 0 Å². The molecule has 3 N–H and O–H groups in total. The molecular weight excluding hydrogens is 246 g/mol. The van der Waals surface area contributed by atoms with Crippen molar-refractivity contribution in [2.45, 2.75) is 37.7 Å². The molecule has 1 aromatic rings. The van der Waals surface area contributed by atoms with Crippen LogP contribution in [0.15, 0.2) is 11.0 Å². The van der Waals surface area contributed by atoms with Crippen LogP contribution in [0.2, 0.25) is 0 Å². The van der Waals surface area contributed by atoms with Crippen molar-refractivity contribution in [3.8, 4) is 0 Å². The number of imidazole rings is 1. The van der Waals surface area contributed by atoms with Crippen molar-refractivity contribution in [3.63, 3.8) is 0 Å². The fourth-order valence-electron chi connectivity index (χ4n) is 3.37. The molecule has 1 amide bonds. The summed E-state index contributed by atoms with van der Waals surface area (Å²) in [7, 11) is 0. The number of hydrogen-bond acceptors (Lipinski definition) is 3. The minimum absolute atomic E-state index is 0.161. The van der Waals surface area contributed by atoms with Crippen molar-refractivity contribution in [1.29, 1.82) is 0 Å². The highest BCUT2D eigenvalue weighted by Gasteiger charge is 2.43.